The molecule has 0 atom stereocenters. The van der Waals surface area contributed by atoms with Crippen molar-refractivity contribution in [2.75, 3.05) is 5.32 Å². The Hall–Kier alpha value is -1.34. The van der Waals surface area contributed by atoms with Crippen LogP contribution in [0, 0.1) is 13.7 Å². The van der Waals surface area contributed by atoms with Crippen LogP contribution >= 0.6 is 34.2 Å². The molecule has 0 aliphatic rings. The van der Waals surface area contributed by atoms with Crippen molar-refractivity contribution < 1.29 is 4.92 Å². The van der Waals surface area contributed by atoms with Crippen LogP contribution in [0.3, 0.4) is 0 Å². The normalized spacial score (nSPS) is 10.2. The number of hydrogen-bond donors (Lipinski definition) is 1. The second-order valence-electron chi connectivity index (χ2n) is 3.89. The maximum Gasteiger partial charge on any atom is 0.275 e. The van der Waals surface area contributed by atoms with Gasteiger partial charge in [-0.3, -0.25) is 10.1 Å². The van der Waals surface area contributed by atoms with Crippen LogP contribution in [0.1, 0.15) is 5.56 Å². The summed E-state index contributed by atoms with van der Waals surface area (Å²) >= 11 is 7.99. The highest BCUT2D eigenvalue weighted by molar-refractivity contribution is 14.1. The van der Waals surface area contributed by atoms with Gasteiger partial charge in [0.15, 0.2) is 0 Å². The summed E-state index contributed by atoms with van der Waals surface area (Å²) in [5.74, 6) is 0. The number of hydrogen-bond acceptors (Lipinski definition) is 3. The lowest BCUT2D eigenvalue weighted by atomic mass is 10.1. The van der Waals surface area contributed by atoms with Crippen molar-refractivity contribution in [2.24, 2.45) is 0 Å². The molecule has 6 heteroatoms. The molecule has 0 radical (unpaired) electrons. The molecule has 0 amide bonds. The van der Waals surface area contributed by atoms with Crippen molar-refractivity contribution in [3.05, 3.63) is 66.7 Å². The first kappa shape index (κ1) is 14.1. The molecule has 0 heterocycles. The lowest BCUT2D eigenvalue weighted by Crippen LogP contribution is -2.03. The van der Waals surface area contributed by atoms with Gasteiger partial charge in [-0.2, -0.15) is 0 Å². The fraction of sp³-hybridized carbons (Fsp3) is 0.0769. The summed E-state index contributed by atoms with van der Waals surface area (Å²) in [6, 6.07) is 12.5. The van der Waals surface area contributed by atoms with Crippen LogP contribution in [-0.4, -0.2) is 4.92 Å². The minimum Gasteiger partial charge on any atom is -0.381 e. The number of nitro groups is 1. The summed E-state index contributed by atoms with van der Waals surface area (Å²) in [6.45, 7) is 0.383. The number of halogens is 2. The third-order valence-electron chi connectivity index (χ3n) is 2.57. The minimum absolute atomic E-state index is 0.0329. The monoisotopic (exact) mass is 388 g/mol. The number of nitrogens with one attached hydrogen (secondary N) is 1. The van der Waals surface area contributed by atoms with Crippen molar-refractivity contribution in [3.8, 4) is 0 Å². The van der Waals surface area contributed by atoms with Gasteiger partial charge in [0.25, 0.3) is 5.69 Å². The first-order chi connectivity index (χ1) is 9.06. The van der Waals surface area contributed by atoms with E-state index in [4.69, 9.17) is 11.6 Å². The topological polar surface area (TPSA) is 55.2 Å². The van der Waals surface area contributed by atoms with Crippen molar-refractivity contribution >= 4 is 45.6 Å². The molecule has 0 saturated heterocycles. The molecule has 0 aliphatic carbocycles. The van der Waals surface area contributed by atoms with Crippen molar-refractivity contribution in [1.82, 2.24) is 0 Å². The molecule has 0 fully saturated rings. The summed E-state index contributed by atoms with van der Waals surface area (Å²) in [5, 5.41) is 14.5. The van der Waals surface area contributed by atoms with E-state index in [9.17, 15) is 10.1 Å². The summed E-state index contributed by atoms with van der Waals surface area (Å²) in [7, 11) is 0. The molecule has 0 spiro atoms. The molecule has 4 nitrogen and oxygen atoms in total. The standard InChI is InChI=1S/C13H10ClIN2O2/c14-10-2-1-9(13(7-10)17(18)19)8-16-12-5-3-11(15)4-6-12/h1-7,16H,8H2. The lowest BCUT2D eigenvalue weighted by molar-refractivity contribution is -0.385. The van der Waals surface area contributed by atoms with E-state index < -0.39 is 4.92 Å². The van der Waals surface area contributed by atoms with E-state index in [1.165, 1.54) is 6.07 Å². The van der Waals surface area contributed by atoms with Crippen molar-refractivity contribution in [1.29, 1.82) is 0 Å². The van der Waals surface area contributed by atoms with Gasteiger partial charge in [0, 0.05) is 32.5 Å². The Morgan fingerprint density at radius 2 is 1.89 bits per heavy atom. The van der Waals surface area contributed by atoms with E-state index in [0.29, 0.717) is 17.1 Å². The predicted octanol–water partition coefficient (Wildman–Crippen LogP) is 4.46. The van der Waals surface area contributed by atoms with E-state index in [0.717, 1.165) is 9.26 Å². The van der Waals surface area contributed by atoms with Gasteiger partial charge in [0.05, 0.1) is 4.92 Å². The highest BCUT2D eigenvalue weighted by Crippen LogP contribution is 2.24. The Morgan fingerprint density at radius 3 is 2.53 bits per heavy atom. The molecule has 2 aromatic rings. The number of nitro benzene ring substituents is 1. The SMILES string of the molecule is O=[N+]([O-])c1cc(Cl)ccc1CNc1ccc(I)cc1. The molecule has 0 aromatic heterocycles. The molecule has 0 bridgehead atoms. The minimum atomic E-state index is -0.420. The van der Waals surface area contributed by atoms with E-state index in [-0.39, 0.29) is 5.69 Å². The highest BCUT2D eigenvalue weighted by Gasteiger charge is 2.13. The largest absolute Gasteiger partial charge is 0.381 e. The number of anilines is 1. The fourth-order valence-electron chi connectivity index (χ4n) is 1.62. The maximum absolute atomic E-state index is 10.9. The van der Waals surface area contributed by atoms with Crippen LogP contribution in [-0.2, 0) is 6.54 Å². The van der Waals surface area contributed by atoms with Gasteiger partial charge in [-0.05, 0) is 59.0 Å². The highest BCUT2D eigenvalue weighted by atomic mass is 127. The van der Waals surface area contributed by atoms with Gasteiger partial charge >= 0.3 is 0 Å². The quantitative estimate of drug-likeness (QED) is 0.478. The number of rotatable bonds is 4. The Bertz CT molecular complexity index is 602. The van der Waals surface area contributed by atoms with Gasteiger partial charge in [0.1, 0.15) is 0 Å². The maximum atomic E-state index is 10.9. The molecule has 19 heavy (non-hydrogen) atoms. The average molecular weight is 389 g/mol. The summed E-state index contributed by atoms with van der Waals surface area (Å²) in [6.07, 6.45) is 0. The van der Waals surface area contributed by atoms with Gasteiger partial charge in [-0.15, -0.1) is 0 Å². The lowest BCUT2D eigenvalue weighted by Gasteiger charge is -2.07. The first-order valence-corrected chi connectivity index (χ1v) is 6.94. The second-order valence-corrected chi connectivity index (χ2v) is 5.57. The first-order valence-electron chi connectivity index (χ1n) is 5.48. The van der Waals surface area contributed by atoms with Gasteiger partial charge in [-0.25, -0.2) is 0 Å². The molecular weight excluding hydrogens is 379 g/mol. The Kier molecular flexibility index (Phi) is 4.60. The molecule has 98 valence electrons. The molecule has 2 rings (SSSR count). The second kappa shape index (κ2) is 6.21. The van der Waals surface area contributed by atoms with Gasteiger partial charge < -0.3 is 5.32 Å². The Balaban J connectivity index is 2.15. The van der Waals surface area contributed by atoms with E-state index >= 15 is 0 Å². The molecule has 1 N–H and O–H groups in total. The van der Waals surface area contributed by atoms with Gasteiger partial charge in [-0.1, -0.05) is 11.6 Å². The van der Waals surface area contributed by atoms with Crippen molar-refractivity contribution in [2.45, 2.75) is 6.54 Å². The average Bonchev–Trinajstić information content (AvgIpc) is 2.39. The van der Waals surface area contributed by atoms with Crippen LogP contribution in [0.25, 0.3) is 0 Å². The zero-order chi connectivity index (χ0) is 13.8. The molecule has 2 aromatic carbocycles. The molecular formula is C13H10ClIN2O2. The summed E-state index contributed by atoms with van der Waals surface area (Å²) in [5.41, 5.74) is 1.56. The summed E-state index contributed by atoms with van der Waals surface area (Å²) < 4.78 is 1.14. The smallest absolute Gasteiger partial charge is 0.275 e. The Labute approximate surface area is 129 Å². The third-order valence-corrected chi connectivity index (χ3v) is 3.53. The van der Waals surface area contributed by atoms with Crippen LogP contribution < -0.4 is 5.32 Å². The predicted molar refractivity (Wildman–Crippen MR) is 84.6 cm³/mol. The number of nitrogens with zero attached hydrogens (tertiary/aromatic N) is 1. The third kappa shape index (κ3) is 3.81. The van der Waals surface area contributed by atoms with E-state index in [1.54, 1.807) is 12.1 Å². The molecule has 0 saturated carbocycles. The Morgan fingerprint density at radius 1 is 1.21 bits per heavy atom. The van der Waals surface area contributed by atoms with E-state index in [1.807, 2.05) is 24.3 Å². The molecule has 0 unspecified atom stereocenters. The van der Waals surface area contributed by atoms with Crippen LogP contribution in [0.4, 0.5) is 11.4 Å². The summed E-state index contributed by atoms with van der Waals surface area (Å²) in [4.78, 5) is 10.5. The van der Waals surface area contributed by atoms with Crippen molar-refractivity contribution in [3.63, 3.8) is 0 Å². The number of benzene rings is 2. The zero-order valence-electron chi connectivity index (χ0n) is 9.77. The van der Waals surface area contributed by atoms with Crippen LogP contribution in [0.5, 0.6) is 0 Å². The van der Waals surface area contributed by atoms with E-state index in [2.05, 4.69) is 27.9 Å². The van der Waals surface area contributed by atoms with Crippen LogP contribution in [0.15, 0.2) is 42.5 Å². The van der Waals surface area contributed by atoms with Crippen LogP contribution in [0.2, 0.25) is 5.02 Å². The van der Waals surface area contributed by atoms with Gasteiger partial charge in [0.2, 0.25) is 0 Å². The zero-order valence-corrected chi connectivity index (χ0v) is 12.7. The molecule has 0 aliphatic heterocycles. The fourth-order valence-corrected chi connectivity index (χ4v) is 2.15.